The van der Waals surface area contributed by atoms with E-state index in [1.807, 2.05) is 6.07 Å². The van der Waals surface area contributed by atoms with E-state index in [4.69, 9.17) is 5.73 Å². The van der Waals surface area contributed by atoms with Crippen molar-refractivity contribution >= 4 is 11.4 Å². The van der Waals surface area contributed by atoms with E-state index in [2.05, 4.69) is 42.8 Å². The summed E-state index contributed by atoms with van der Waals surface area (Å²) in [6.07, 6.45) is 0. The normalized spacial score (nSPS) is 22.4. The Morgan fingerprint density at radius 3 is 2.69 bits per heavy atom. The maximum Gasteiger partial charge on any atom is 0.0371 e. The molecule has 3 nitrogen and oxygen atoms in total. The van der Waals surface area contributed by atoms with Crippen LogP contribution in [-0.2, 0) is 0 Å². The second-order valence-electron chi connectivity index (χ2n) is 4.82. The van der Waals surface area contributed by atoms with Crippen LogP contribution < -0.4 is 10.6 Å². The first-order valence-corrected chi connectivity index (χ1v) is 5.89. The summed E-state index contributed by atoms with van der Waals surface area (Å²) in [5.74, 6) is 0. The highest BCUT2D eigenvalue weighted by atomic mass is 15.3. The fourth-order valence-corrected chi connectivity index (χ4v) is 2.14. The quantitative estimate of drug-likeness (QED) is 0.730. The van der Waals surface area contributed by atoms with E-state index in [1.54, 1.807) is 0 Å². The molecule has 88 valence electrons. The molecule has 1 heterocycles. The highest BCUT2D eigenvalue weighted by Crippen LogP contribution is 2.22. The Balaban J connectivity index is 2.15. The second kappa shape index (κ2) is 4.34. The van der Waals surface area contributed by atoms with Gasteiger partial charge in [-0.25, -0.2) is 0 Å². The van der Waals surface area contributed by atoms with Crippen LogP contribution in [0.4, 0.5) is 11.4 Å². The van der Waals surface area contributed by atoms with Crippen LogP contribution >= 0.6 is 0 Å². The molecule has 1 unspecified atom stereocenters. The van der Waals surface area contributed by atoms with E-state index in [9.17, 15) is 0 Å². The number of nitrogens with zero attached hydrogens (tertiary/aromatic N) is 2. The van der Waals surface area contributed by atoms with Gasteiger partial charge >= 0.3 is 0 Å². The minimum Gasteiger partial charge on any atom is -0.399 e. The summed E-state index contributed by atoms with van der Waals surface area (Å²) in [6.45, 7) is 7.67. The zero-order valence-electron chi connectivity index (χ0n) is 10.4. The van der Waals surface area contributed by atoms with E-state index < -0.39 is 0 Å². The summed E-state index contributed by atoms with van der Waals surface area (Å²) < 4.78 is 0. The van der Waals surface area contributed by atoms with Crippen LogP contribution in [0.25, 0.3) is 0 Å². The van der Waals surface area contributed by atoms with Gasteiger partial charge < -0.3 is 15.5 Å². The highest BCUT2D eigenvalue weighted by Gasteiger charge is 2.20. The van der Waals surface area contributed by atoms with Gasteiger partial charge in [0.25, 0.3) is 0 Å². The molecule has 2 rings (SSSR count). The van der Waals surface area contributed by atoms with Gasteiger partial charge in [0.1, 0.15) is 0 Å². The van der Waals surface area contributed by atoms with E-state index in [-0.39, 0.29) is 0 Å². The Labute approximate surface area is 97.8 Å². The van der Waals surface area contributed by atoms with E-state index in [0.29, 0.717) is 6.04 Å². The lowest BCUT2D eigenvalue weighted by Crippen LogP contribution is -2.50. The topological polar surface area (TPSA) is 32.5 Å². The number of aryl methyl sites for hydroxylation is 1. The fourth-order valence-electron chi connectivity index (χ4n) is 2.14. The maximum absolute atomic E-state index is 5.84. The van der Waals surface area contributed by atoms with Gasteiger partial charge in [0, 0.05) is 37.1 Å². The van der Waals surface area contributed by atoms with Crippen LogP contribution in [0.3, 0.4) is 0 Å². The van der Waals surface area contributed by atoms with Crippen LogP contribution in [0, 0.1) is 6.92 Å². The van der Waals surface area contributed by atoms with Crippen molar-refractivity contribution in [2.24, 2.45) is 0 Å². The largest absolute Gasteiger partial charge is 0.399 e. The third-order valence-electron chi connectivity index (χ3n) is 3.58. The highest BCUT2D eigenvalue weighted by molar-refractivity contribution is 5.58. The number of anilines is 2. The lowest BCUT2D eigenvalue weighted by Gasteiger charge is -2.39. The molecular formula is C13H21N3. The monoisotopic (exact) mass is 219 g/mol. The zero-order chi connectivity index (χ0) is 11.7. The SMILES string of the molecule is Cc1cc(N2CCN(C)C(C)C2)ccc1N. The predicted molar refractivity (Wildman–Crippen MR) is 69.9 cm³/mol. The Bertz CT molecular complexity index is 375. The van der Waals surface area contributed by atoms with Crippen molar-refractivity contribution in [3.63, 3.8) is 0 Å². The smallest absolute Gasteiger partial charge is 0.0371 e. The predicted octanol–water partition coefficient (Wildman–Crippen LogP) is 1.72. The van der Waals surface area contributed by atoms with Gasteiger partial charge in [-0.3, -0.25) is 0 Å². The number of nitrogens with two attached hydrogens (primary N) is 1. The molecule has 1 fully saturated rings. The maximum atomic E-state index is 5.84. The molecule has 1 aliphatic rings. The van der Waals surface area contributed by atoms with Crippen molar-refractivity contribution in [2.75, 3.05) is 37.3 Å². The average Bonchev–Trinajstić information content (AvgIpc) is 2.26. The van der Waals surface area contributed by atoms with Crippen LogP contribution in [0.1, 0.15) is 12.5 Å². The Hall–Kier alpha value is -1.22. The Morgan fingerprint density at radius 1 is 1.31 bits per heavy atom. The third-order valence-corrected chi connectivity index (χ3v) is 3.58. The second-order valence-corrected chi connectivity index (χ2v) is 4.82. The standard InChI is InChI=1S/C13H21N3/c1-10-8-12(4-5-13(10)14)16-7-6-15(3)11(2)9-16/h4-5,8,11H,6-7,9,14H2,1-3H3. The van der Waals surface area contributed by atoms with Gasteiger partial charge in [0.15, 0.2) is 0 Å². The molecule has 1 aromatic rings. The van der Waals surface area contributed by atoms with E-state index in [1.165, 1.54) is 11.3 Å². The Morgan fingerprint density at radius 2 is 2.06 bits per heavy atom. The molecule has 0 amide bonds. The van der Waals surface area contributed by atoms with Crippen molar-refractivity contribution in [1.29, 1.82) is 0 Å². The summed E-state index contributed by atoms with van der Waals surface area (Å²) in [4.78, 5) is 4.85. The first kappa shape index (κ1) is 11.3. The van der Waals surface area contributed by atoms with Gasteiger partial charge in [-0.15, -0.1) is 0 Å². The minimum atomic E-state index is 0.617. The van der Waals surface area contributed by atoms with Gasteiger partial charge in [0.05, 0.1) is 0 Å². The molecule has 2 N–H and O–H groups in total. The number of nitrogen functional groups attached to an aromatic ring is 1. The van der Waals surface area contributed by atoms with Gasteiger partial charge in [0.2, 0.25) is 0 Å². The number of hydrogen-bond acceptors (Lipinski definition) is 3. The van der Waals surface area contributed by atoms with Crippen molar-refractivity contribution in [3.05, 3.63) is 23.8 Å². The van der Waals surface area contributed by atoms with Gasteiger partial charge in [-0.2, -0.15) is 0 Å². The van der Waals surface area contributed by atoms with Crippen LogP contribution in [-0.4, -0.2) is 37.6 Å². The van der Waals surface area contributed by atoms with Crippen LogP contribution in [0.5, 0.6) is 0 Å². The summed E-state index contributed by atoms with van der Waals surface area (Å²) in [6, 6.07) is 6.94. The molecule has 1 atom stereocenters. The lowest BCUT2D eigenvalue weighted by atomic mass is 10.1. The lowest BCUT2D eigenvalue weighted by molar-refractivity contribution is 0.234. The molecule has 0 saturated carbocycles. The minimum absolute atomic E-state index is 0.617. The number of hydrogen-bond donors (Lipinski definition) is 1. The zero-order valence-corrected chi connectivity index (χ0v) is 10.4. The van der Waals surface area contributed by atoms with E-state index >= 15 is 0 Å². The molecule has 0 spiro atoms. The summed E-state index contributed by atoms with van der Waals surface area (Å²) >= 11 is 0. The first-order valence-electron chi connectivity index (χ1n) is 5.89. The third kappa shape index (κ3) is 2.14. The van der Waals surface area contributed by atoms with Gasteiger partial charge in [-0.05, 0) is 44.7 Å². The van der Waals surface area contributed by atoms with Crippen molar-refractivity contribution < 1.29 is 0 Å². The van der Waals surface area contributed by atoms with Gasteiger partial charge in [-0.1, -0.05) is 0 Å². The van der Waals surface area contributed by atoms with Crippen molar-refractivity contribution in [2.45, 2.75) is 19.9 Å². The number of benzene rings is 1. The molecule has 1 saturated heterocycles. The molecule has 1 aliphatic heterocycles. The molecule has 0 aliphatic carbocycles. The number of likely N-dealkylation sites (N-methyl/N-ethyl adjacent to an activating group) is 1. The van der Waals surface area contributed by atoms with Crippen molar-refractivity contribution in [3.8, 4) is 0 Å². The van der Waals surface area contributed by atoms with Crippen molar-refractivity contribution in [1.82, 2.24) is 4.90 Å². The molecular weight excluding hydrogens is 198 g/mol. The fraction of sp³-hybridized carbons (Fsp3) is 0.538. The van der Waals surface area contributed by atoms with Crippen LogP contribution in [0.15, 0.2) is 18.2 Å². The molecule has 1 aromatic carbocycles. The average molecular weight is 219 g/mol. The molecule has 0 radical (unpaired) electrons. The molecule has 0 bridgehead atoms. The number of rotatable bonds is 1. The molecule has 3 heteroatoms. The summed E-state index contributed by atoms with van der Waals surface area (Å²) in [5, 5.41) is 0. The molecule has 0 aromatic heterocycles. The first-order chi connectivity index (χ1) is 7.58. The summed E-state index contributed by atoms with van der Waals surface area (Å²) in [7, 11) is 2.19. The molecule has 16 heavy (non-hydrogen) atoms. The van der Waals surface area contributed by atoms with E-state index in [0.717, 1.165) is 25.3 Å². The number of piperazine rings is 1. The Kier molecular flexibility index (Phi) is 3.06. The van der Waals surface area contributed by atoms with Crippen LogP contribution in [0.2, 0.25) is 0 Å². The summed E-state index contributed by atoms with van der Waals surface area (Å²) in [5.41, 5.74) is 9.19.